The highest BCUT2D eigenvalue weighted by Gasteiger charge is 2.29. The van der Waals surface area contributed by atoms with Crippen LogP contribution in [0.2, 0.25) is 0 Å². The summed E-state index contributed by atoms with van der Waals surface area (Å²) >= 11 is 0. The van der Waals surface area contributed by atoms with Gasteiger partial charge in [-0.2, -0.15) is 0 Å². The number of ether oxygens (including phenoxy) is 3. The van der Waals surface area contributed by atoms with Crippen molar-refractivity contribution in [1.29, 1.82) is 0 Å². The molecule has 1 aromatic carbocycles. The molecule has 148 valence electrons. The van der Waals surface area contributed by atoms with E-state index in [1.807, 2.05) is 30.3 Å². The molecule has 3 rings (SSSR count). The summed E-state index contributed by atoms with van der Waals surface area (Å²) in [7, 11) is 0. The van der Waals surface area contributed by atoms with Crippen LogP contribution in [0.3, 0.4) is 0 Å². The smallest absolute Gasteiger partial charge is 0.249 e. The summed E-state index contributed by atoms with van der Waals surface area (Å²) in [5.74, 6) is -0.140. The number of morpholine rings is 1. The van der Waals surface area contributed by atoms with Crippen LogP contribution in [0, 0.1) is 0 Å². The van der Waals surface area contributed by atoms with Crippen LogP contribution in [0.25, 0.3) is 0 Å². The van der Waals surface area contributed by atoms with E-state index in [1.165, 1.54) is 0 Å². The van der Waals surface area contributed by atoms with E-state index in [-0.39, 0.29) is 36.9 Å². The van der Waals surface area contributed by atoms with Crippen molar-refractivity contribution >= 4 is 11.8 Å². The third kappa shape index (κ3) is 6.30. The lowest BCUT2D eigenvalue weighted by Crippen LogP contribution is -2.52. The SMILES string of the molecule is O=C(C[C@H]1COCCN1C(=O)COCc1ccccc1)NC1CCOCC1. The quantitative estimate of drug-likeness (QED) is 0.772. The van der Waals surface area contributed by atoms with E-state index >= 15 is 0 Å². The minimum absolute atomic E-state index is 0.00692. The van der Waals surface area contributed by atoms with Crippen LogP contribution in [0.1, 0.15) is 24.8 Å². The second-order valence-corrected chi connectivity index (χ2v) is 6.95. The minimum Gasteiger partial charge on any atom is -0.381 e. The zero-order valence-corrected chi connectivity index (χ0v) is 15.6. The summed E-state index contributed by atoms with van der Waals surface area (Å²) in [6, 6.07) is 9.66. The summed E-state index contributed by atoms with van der Waals surface area (Å²) in [4.78, 5) is 26.7. The van der Waals surface area contributed by atoms with Gasteiger partial charge in [0.2, 0.25) is 11.8 Å². The van der Waals surface area contributed by atoms with Crippen LogP contribution in [0.15, 0.2) is 30.3 Å². The van der Waals surface area contributed by atoms with Crippen molar-refractivity contribution in [3.63, 3.8) is 0 Å². The molecule has 27 heavy (non-hydrogen) atoms. The van der Waals surface area contributed by atoms with E-state index in [0.29, 0.717) is 39.6 Å². The molecule has 2 amide bonds. The summed E-state index contributed by atoms with van der Waals surface area (Å²) in [5, 5.41) is 3.05. The molecule has 0 aliphatic carbocycles. The third-order valence-corrected chi connectivity index (χ3v) is 4.89. The normalized spacial score (nSPS) is 21.0. The second kappa shape index (κ2) is 10.4. The number of hydrogen-bond acceptors (Lipinski definition) is 5. The second-order valence-electron chi connectivity index (χ2n) is 6.95. The van der Waals surface area contributed by atoms with Crippen LogP contribution >= 0.6 is 0 Å². The first-order chi connectivity index (χ1) is 13.2. The first kappa shape index (κ1) is 19.8. The Balaban J connectivity index is 1.45. The Morgan fingerprint density at radius 1 is 1.11 bits per heavy atom. The molecule has 0 aromatic heterocycles. The van der Waals surface area contributed by atoms with Gasteiger partial charge >= 0.3 is 0 Å². The number of rotatable bonds is 7. The predicted molar refractivity (Wildman–Crippen MR) is 99.0 cm³/mol. The molecular formula is C20H28N2O5. The topological polar surface area (TPSA) is 77.1 Å². The van der Waals surface area contributed by atoms with E-state index in [4.69, 9.17) is 14.2 Å². The summed E-state index contributed by atoms with van der Waals surface area (Å²) in [6.07, 6.45) is 1.92. The van der Waals surface area contributed by atoms with Gasteiger partial charge in [0.15, 0.2) is 0 Å². The Labute approximate surface area is 160 Å². The Morgan fingerprint density at radius 2 is 1.89 bits per heavy atom. The minimum atomic E-state index is -0.244. The van der Waals surface area contributed by atoms with Crippen molar-refractivity contribution in [3.05, 3.63) is 35.9 Å². The van der Waals surface area contributed by atoms with Gasteiger partial charge in [-0.1, -0.05) is 30.3 Å². The molecule has 2 aliphatic rings. The fourth-order valence-electron chi connectivity index (χ4n) is 3.41. The van der Waals surface area contributed by atoms with Crippen molar-refractivity contribution in [1.82, 2.24) is 10.2 Å². The highest BCUT2D eigenvalue weighted by atomic mass is 16.5. The maximum absolute atomic E-state index is 12.6. The molecule has 0 spiro atoms. The standard InChI is InChI=1S/C20H28N2O5/c23-19(21-17-6-9-25-10-7-17)12-18-14-26-11-8-22(18)20(24)15-27-13-16-4-2-1-3-5-16/h1-5,17-18H,6-15H2,(H,21,23)/t18-/m0/s1. The Morgan fingerprint density at radius 3 is 2.67 bits per heavy atom. The average molecular weight is 376 g/mol. The average Bonchev–Trinajstić information content (AvgIpc) is 2.70. The Hall–Kier alpha value is -1.96. The Bertz CT molecular complexity index is 604. The fourth-order valence-corrected chi connectivity index (χ4v) is 3.41. The molecule has 2 heterocycles. The van der Waals surface area contributed by atoms with Gasteiger partial charge < -0.3 is 24.4 Å². The number of amides is 2. The Kier molecular flexibility index (Phi) is 7.62. The molecule has 1 atom stereocenters. The maximum atomic E-state index is 12.6. The van der Waals surface area contributed by atoms with Gasteiger partial charge in [0, 0.05) is 32.2 Å². The van der Waals surface area contributed by atoms with Crippen LogP contribution in [0.4, 0.5) is 0 Å². The van der Waals surface area contributed by atoms with E-state index in [9.17, 15) is 9.59 Å². The molecule has 0 saturated carbocycles. The van der Waals surface area contributed by atoms with Gasteiger partial charge in [-0.05, 0) is 18.4 Å². The van der Waals surface area contributed by atoms with Gasteiger partial charge in [-0.3, -0.25) is 9.59 Å². The predicted octanol–water partition coefficient (Wildman–Crippen LogP) is 1.12. The molecule has 2 fully saturated rings. The van der Waals surface area contributed by atoms with E-state index < -0.39 is 0 Å². The number of carbonyl (C=O) groups is 2. The summed E-state index contributed by atoms with van der Waals surface area (Å²) in [6.45, 7) is 3.12. The van der Waals surface area contributed by atoms with Crippen molar-refractivity contribution in [2.45, 2.75) is 38.0 Å². The third-order valence-electron chi connectivity index (χ3n) is 4.89. The number of benzene rings is 1. The van der Waals surface area contributed by atoms with Gasteiger partial charge in [0.1, 0.15) is 6.61 Å². The molecule has 2 aliphatic heterocycles. The number of nitrogens with zero attached hydrogens (tertiary/aromatic N) is 1. The maximum Gasteiger partial charge on any atom is 0.249 e. The molecule has 0 radical (unpaired) electrons. The molecule has 7 heteroatoms. The molecule has 2 saturated heterocycles. The van der Waals surface area contributed by atoms with E-state index in [1.54, 1.807) is 4.90 Å². The summed E-state index contributed by atoms with van der Waals surface area (Å²) < 4.78 is 16.4. The van der Waals surface area contributed by atoms with Crippen molar-refractivity contribution in [2.75, 3.05) is 39.6 Å². The van der Waals surface area contributed by atoms with Gasteiger partial charge in [0.05, 0.1) is 25.9 Å². The molecule has 0 bridgehead atoms. The lowest BCUT2D eigenvalue weighted by atomic mass is 10.1. The van der Waals surface area contributed by atoms with Gasteiger partial charge in [0.25, 0.3) is 0 Å². The highest BCUT2D eigenvalue weighted by molar-refractivity contribution is 5.80. The van der Waals surface area contributed by atoms with Crippen LogP contribution in [0.5, 0.6) is 0 Å². The zero-order chi connectivity index (χ0) is 18.9. The first-order valence-corrected chi connectivity index (χ1v) is 9.58. The lowest BCUT2D eigenvalue weighted by molar-refractivity contribution is -0.146. The van der Waals surface area contributed by atoms with E-state index in [0.717, 1.165) is 18.4 Å². The molecular weight excluding hydrogens is 348 g/mol. The number of hydrogen-bond donors (Lipinski definition) is 1. The largest absolute Gasteiger partial charge is 0.381 e. The summed E-state index contributed by atoms with van der Waals surface area (Å²) in [5.41, 5.74) is 1.03. The van der Waals surface area contributed by atoms with Crippen LogP contribution in [-0.4, -0.2) is 68.4 Å². The number of nitrogens with one attached hydrogen (secondary N) is 1. The van der Waals surface area contributed by atoms with Crippen molar-refractivity contribution in [3.8, 4) is 0 Å². The van der Waals surface area contributed by atoms with Gasteiger partial charge in [-0.25, -0.2) is 0 Å². The van der Waals surface area contributed by atoms with Crippen molar-refractivity contribution in [2.24, 2.45) is 0 Å². The highest BCUT2D eigenvalue weighted by Crippen LogP contribution is 2.13. The van der Waals surface area contributed by atoms with Crippen molar-refractivity contribution < 1.29 is 23.8 Å². The monoisotopic (exact) mass is 376 g/mol. The van der Waals surface area contributed by atoms with Crippen LogP contribution < -0.4 is 5.32 Å². The molecule has 1 aromatic rings. The van der Waals surface area contributed by atoms with E-state index in [2.05, 4.69) is 5.32 Å². The fraction of sp³-hybridized carbons (Fsp3) is 0.600. The lowest BCUT2D eigenvalue weighted by Gasteiger charge is -2.35. The first-order valence-electron chi connectivity index (χ1n) is 9.58. The zero-order valence-electron chi connectivity index (χ0n) is 15.6. The number of carbonyl (C=O) groups excluding carboxylic acids is 2. The molecule has 0 unspecified atom stereocenters. The molecule has 1 N–H and O–H groups in total. The van der Waals surface area contributed by atoms with Crippen LogP contribution in [-0.2, 0) is 30.4 Å². The molecule has 7 nitrogen and oxygen atoms in total. The van der Waals surface area contributed by atoms with Gasteiger partial charge in [-0.15, -0.1) is 0 Å².